The molecule has 3 aromatic rings. The summed E-state index contributed by atoms with van der Waals surface area (Å²) in [5.74, 6) is -11.3. The number of carbonyl (C=O) groups excluding carboxylic acids is 5. The van der Waals surface area contributed by atoms with E-state index in [1.165, 1.54) is 60.3 Å². The number of rotatable bonds is 7. The average molecular weight is 1060 g/mol. The minimum atomic E-state index is -2.14. The number of Topliss-reactive ketones (excluding diaryl/α,β-unsaturated/α-hetero) is 3. The summed E-state index contributed by atoms with van der Waals surface area (Å²) < 4.78 is 47.6. The number of hydrogen-bond donors (Lipinski definition) is 6. The number of aromatic carboxylic acids is 1. The molecule has 7 N–H and O–H groups in total. The number of ketones is 3. The van der Waals surface area contributed by atoms with Crippen LogP contribution in [0.15, 0.2) is 52.3 Å². The van der Waals surface area contributed by atoms with Gasteiger partial charge in [0.15, 0.2) is 11.6 Å². The molecule has 1 saturated heterocycles. The Kier molecular flexibility index (Phi) is 15.4. The Balaban J connectivity index is 1.22. The number of ether oxygens (including phenoxy) is 5. The van der Waals surface area contributed by atoms with Gasteiger partial charge in [-0.25, -0.2) is 9.18 Å². The zero-order chi connectivity index (χ0) is 55.6. The van der Waals surface area contributed by atoms with Gasteiger partial charge in [-0.15, -0.1) is 0 Å². The number of pyridine rings is 1. The van der Waals surface area contributed by atoms with Gasteiger partial charge in [0.05, 0.1) is 65.7 Å². The van der Waals surface area contributed by atoms with Crippen LogP contribution in [-0.4, -0.2) is 148 Å². The summed E-state index contributed by atoms with van der Waals surface area (Å²) in [6.45, 7) is 9.80. The fraction of sp³-hybridized carbons (Fsp3) is 0.500. The Morgan fingerprint density at radius 1 is 0.974 bits per heavy atom. The quantitative estimate of drug-likeness (QED) is 0.182. The molecule has 1 saturated carbocycles. The Morgan fingerprint density at radius 2 is 1.67 bits per heavy atom. The van der Waals surface area contributed by atoms with Gasteiger partial charge in [-0.3, -0.25) is 28.8 Å². The van der Waals surface area contributed by atoms with E-state index in [0.29, 0.717) is 12.8 Å². The van der Waals surface area contributed by atoms with Crippen LogP contribution in [0, 0.1) is 24.6 Å². The number of aliphatic hydroxyl groups is 2. The maximum atomic E-state index is 16.6. The van der Waals surface area contributed by atoms with Crippen LogP contribution >= 0.6 is 0 Å². The van der Waals surface area contributed by atoms with Crippen molar-refractivity contribution in [2.24, 2.45) is 17.6 Å². The summed E-state index contributed by atoms with van der Waals surface area (Å²) >= 11 is 0. The van der Waals surface area contributed by atoms with Crippen molar-refractivity contribution >= 4 is 51.8 Å². The monoisotopic (exact) mass is 1060 g/mol. The van der Waals surface area contributed by atoms with Crippen molar-refractivity contribution in [2.75, 3.05) is 45.4 Å². The van der Waals surface area contributed by atoms with Crippen molar-refractivity contribution in [1.82, 2.24) is 14.8 Å². The van der Waals surface area contributed by atoms with Gasteiger partial charge in [0.2, 0.25) is 22.8 Å². The Labute approximate surface area is 436 Å². The molecule has 1 aromatic heterocycles. The number of anilines is 1. The Hall–Kier alpha value is -6.98. The maximum absolute atomic E-state index is 16.6. The molecule has 1 amide bonds. The second kappa shape index (κ2) is 21.2. The first-order valence-corrected chi connectivity index (χ1v) is 25.2. The van der Waals surface area contributed by atoms with Gasteiger partial charge in [0.25, 0.3) is 11.7 Å². The van der Waals surface area contributed by atoms with E-state index in [2.05, 4.69) is 5.32 Å². The SMILES string of the molecule is COc1c(N2CCN(C3=C4NC(=O)/C(C)=C\C=C\[C@H](C)[C@H](O)[C@@H](C)[C@@H](O)[C@@H](N)[C@H](OC(C)=O)C[C@@H](OC)CCO[C@@]5(C)Oc6c(C)c(O)c(c(c6C5=O)C3=O)C4=O)C(C)C2)c(F)cc2c(=O)c(C(=O)O)cn(C3CC3)c12. The lowest BCUT2D eigenvalue weighted by molar-refractivity contribution is -0.153. The molecule has 1 unspecified atom stereocenters. The van der Waals surface area contributed by atoms with Crippen molar-refractivity contribution in [2.45, 2.75) is 122 Å². The number of fused-ring (bicyclic) bond motifs is 16. The highest BCUT2D eigenvalue weighted by Crippen LogP contribution is 2.50. The summed E-state index contributed by atoms with van der Waals surface area (Å²) in [4.78, 5) is 101. The van der Waals surface area contributed by atoms with Gasteiger partial charge in [-0.1, -0.05) is 32.1 Å². The van der Waals surface area contributed by atoms with E-state index >= 15 is 14.0 Å². The lowest BCUT2D eigenvalue weighted by Crippen LogP contribution is -2.54. The van der Waals surface area contributed by atoms with Gasteiger partial charge in [0, 0.05) is 88.3 Å². The first kappa shape index (κ1) is 55.3. The molecule has 4 aliphatic heterocycles. The van der Waals surface area contributed by atoms with Crippen molar-refractivity contribution < 1.29 is 77.3 Å². The molecule has 21 nitrogen and oxygen atoms in total. The average Bonchev–Trinajstić information content (AvgIpc) is 4.26. The fourth-order valence-corrected chi connectivity index (χ4v) is 10.8. The number of carboxylic acid groups (broad SMARTS) is 1. The normalized spacial score (nSPS) is 29.0. The molecular weight excluding hydrogens is 994 g/mol. The third-order valence-electron chi connectivity index (χ3n) is 15.3. The van der Waals surface area contributed by atoms with E-state index in [9.17, 15) is 44.4 Å². The van der Waals surface area contributed by atoms with Gasteiger partial charge in [0.1, 0.15) is 40.2 Å². The molecule has 9 atom stereocenters. The minimum Gasteiger partial charge on any atom is -0.507 e. The number of piperazine rings is 1. The molecule has 9 rings (SSSR count). The topological polar surface area (TPSA) is 296 Å². The molecule has 2 fully saturated rings. The number of phenols is 1. The lowest BCUT2D eigenvalue weighted by Gasteiger charge is -2.44. The summed E-state index contributed by atoms with van der Waals surface area (Å²) in [5.41, 5.74) is 2.96. The number of allylic oxidation sites excluding steroid dienone is 4. The number of aromatic nitrogens is 1. The largest absolute Gasteiger partial charge is 0.507 e. The van der Waals surface area contributed by atoms with E-state index in [0.717, 1.165) is 6.07 Å². The number of nitrogens with zero attached hydrogens (tertiary/aromatic N) is 3. The van der Waals surface area contributed by atoms with Crippen LogP contribution in [0.5, 0.6) is 17.2 Å². The molecule has 6 aliphatic rings. The molecule has 0 radical (unpaired) electrons. The number of nitrogens with one attached hydrogen (secondary N) is 1. The highest BCUT2D eigenvalue weighted by Gasteiger charge is 2.53. The summed E-state index contributed by atoms with van der Waals surface area (Å²) in [7, 11) is 2.70. The third-order valence-corrected chi connectivity index (χ3v) is 15.3. The smallest absolute Gasteiger partial charge is 0.341 e. The molecule has 2 aliphatic carbocycles. The van der Waals surface area contributed by atoms with Crippen molar-refractivity contribution in [3.63, 3.8) is 0 Å². The maximum Gasteiger partial charge on any atom is 0.341 e. The van der Waals surface area contributed by atoms with Crippen LogP contribution in [-0.2, 0) is 23.8 Å². The standard InChI is InChI=1S/C54H64FN5O16/c1-23-11-10-12-24(2)52(69)57-39-42(59-17-16-58(21-25(59)3)41-33(55)20-31-40(50(41)73-9)60(29-13-14-29)22-32(46(31)65)53(70)71)48(67)35-36(47(39)66)44(63)27(5)49-37(35)51(68)54(7,76-49)74-18-15-30(72-8)19-34(75-28(6)61)38(56)45(64)26(4)43(23)62/h10-12,20,22-23,25-26,29-30,34,38,43,45,62-64H,13-19,21,56H2,1-9H3,(H,57,69)(H,70,71)/b11-10+,24-12-/t23-,25?,26+,30-,34+,38-,43-,45+,54-/m0/s1. The van der Waals surface area contributed by atoms with Gasteiger partial charge in [-0.2, -0.15) is 0 Å². The van der Waals surface area contributed by atoms with Crippen LogP contribution in [0.25, 0.3) is 10.9 Å². The number of nitrogens with two attached hydrogens (primary N) is 1. The molecular formula is C54H64FN5O16. The van der Waals surface area contributed by atoms with Gasteiger partial charge in [-0.05, 0) is 46.1 Å². The van der Waals surface area contributed by atoms with E-state index < -0.39 is 129 Å². The number of halogens is 1. The van der Waals surface area contributed by atoms with Gasteiger partial charge < -0.3 is 69.5 Å². The fourth-order valence-electron chi connectivity index (χ4n) is 10.8. The number of methoxy groups -OCH3 is 2. The predicted molar refractivity (Wildman–Crippen MR) is 271 cm³/mol. The third kappa shape index (κ3) is 9.76. The molecule has 5 bridgehead atoms. The van der Waals surface area contributed by atoms with E-state index in [1.54, 1.807) is 41.2 Å². The highest BCUT2D eigenvalue weighted by molar-refractivity contribution is 6.32. The van der Waals surface area contributed by atoms with E-state index in [4.69, 9.17) is 29.4 Å². The number of phenolic OH excluding ortho intramolecular Hbond substituents is 1. The van der Waals surface area contributed by atoms with Crippen molar-refractivity contribution in [3.05, 3.63) is 91.3 Å². The van der Waals surface area contributed by atoms with Gasteiger partial charge >= 0.3 is 11.9 Å². The number of amides is 1. The molecule has 408 valence electrons. The first-order valence-electron chi connectivity index (χ1n) is 25.2. The number of hydrogen-bond acceptors (Lipinski definition) is 18. The predicted octanol–water partition coefficient (Wildman–Crippen LogP) is 3.99. The van der Waals surface area contributed by atoms with E-state index in [-0.39, 0.29) is 95.6 Å². The summed E-state index contributed by atoms with van der Waals surface area (Å²) in [6.07, 6.45) is 2.64. The number of aliphatic hydroxyl groups excluding tert-OH is 2. The van der Waals surface area contributed by atoms with E-state index in [1.807, 2.05) is 0 Å². The van der Waals surface area contributed by atoms with Crippen molar-refractivity contribution in [3.8, 4) is 17.2 Å². The molecule has 0 spiro atoms. The van der Waals surface area contributed by atoms with Crippen LogP contribution < -0.4 is 30.9 Å². The Morgan fingerprint density at radius 3 is 2.29 bits per heavy atom. The van der Waals surface area contributed by atoms with Crippen molar-refractivity contribution in [1.29, 1.82) is 0 Å². The highest BCUT2D eigenvalue weighted by atomic mass is 19.1. The lowest BCUT2D eigenvalue weighted by atomic mass is 9.82. The first-order chi connectivity index (χ1) is 35.9. The van der Waals surface area contributed by atoms with Crippen LogP contribution in [0.3, 0.4) is 0 Å². The van der Waals surface area contributed by atoms with Crippen LogP contribution in [0.4, 0.5) is 10.1 Å². The Bertz CT molecular complexity index is 3110. The number of benzene rings is 2. The molecule has 2 aromatic carbocycles. The summed E-state index contributed by atoms with van der Waals surface area (Å²) in [6, 6.07) is -1.16. The molecule has 76 heavy (non-hydrogen) atoms. The van der Waals surface area contributed by atoms with Crippen LogP contribution in [0.2, 0.25) is 0 Å². The second-order valence-corrected chi connectivity index (χ2v) is 20.5. The number of carboxylic acids is 1. The minimum absolute atomic E-state index is 0.0181. The molecule has 5 heterocycles. The number of esters is 1. The zero-order valence-corrected chi connectivity index (χ0v) is 43.7. The molecule has 22 heteroatoms. The zero-order valence-electron chi connectivity index (χ0n) is 43.7. The van der Waals surface area contributed by atoms with Crippen LogP contribution in [0.1, 0.15) is 120 Å². The number of aromatic hydroxyl groups is 1. The second-order valence-electron chi connectivity index (χ2n) is 20.5. The number of carbonyl (C=O) groups is 6. The summed E-state index contributed by atoms with van der Waals surface area (Å²) in [5, 5.41) is 46.9.